The first-order valence-electron chi connectivity index (χ1n) is 12.7. The van der Waals surface area contributed by atoms with Gasteiger partial charge < -0.3 is 4.57 Å². The number of benzene rings is 3. The van der Waals surface area contributed by atoms with Crippen LogP contribution >= 0.6 is 11.8 Å². The summed E-state index contributed by atoms with van der Waals surface area (Å²) >= 11 is 1.58. The molecule has 0 fully saturated rings. The van der Waals surface area contributed by atoms with Gasteiger partial charge in [0.2, 0.25) is 5.82 Å². The molecule has 0 aliphatic carbocycles. The molecule has 3 heterocycles. The second kappa shape index (κ2) is 10.7. The number of thioether (sulfide) groups is 1. The lowest BCUT2D eigenvalue weighted by Gasteiger charge is -2.12. The van der Waals surface area contributed by atoms with Crippen LogP contribution in [0.5, 0.6) is 0 Å². The summed E-state index contributed by atoms with van der Waals surface area (Å²) in [4.78, 5) is 18.0. The van der Waals surface area contributed by atoms with Crippen LogP contribution in [-0.2, 0) is 12.3 Å². The Labute approximate surface area is 228 Å². The van der Waals surface area contributed by atoms with Crippen molar-refractivity contribution in [2.45, 2.75) is 37.1 Å². The molecule has 3 aromatic carbocycles. The zero-order valence-corrected chi connectivity index (χ0v) is 22.3. The molecule has 0 unspecified atom stereocenters. The Bertz CT molecular complexity index is 1770. The minimum atomic E-state index is -0.237. The summed E-state index contributed by atoms with van der Waals surface area (Å²) in [6.07, 6.45) is 0. The second-order valence-corrected chi connectivity index (χ2v) is 10.5. The number of nitrogens with zero attached hydrogens (tertiary/aromatic N) is 6. The van der Waals surface area contributed by atoms with Gasteiger partial charge in [-0.05, 0) is 27.5 Å². The summed E-state index contributed by atoms with van der Waals surface area (Å²) in [5.41, 5.74) is 6.18. The first-order chi connectivity index (χ1) is 19.1. The zero-order chi connectivity index (χ0) is 26.8. The van der Waals surface area contributed by atoms with E-state index >= 15 is 0 Å². The van der Waals surface area contributed by atoms with Crippen molar-refractivity contribution in [1.82, 2.24) is 40.4 Å². The molecule has 0 bridgehead atoms. The van der Waals surface area contributed by atoms with E-state index in [9.17, 15) is 4.79 Å². The van der Waals surface area contributed by atoms with Crippen LogP contribution in [0.3, 0.4) is 0 Å². The molecule has 6 aromatic rings. The smallest absolute Gasteiger partial charge is 0.290 e. The maximum Gasteiger partial charge on any atom is 0.290 e. The third-order valence-corrected chi connectivity index (χ3v) is 7.56. The van der Waals surface area contributed by atoms with Crippen LogP contribution in [-0.4, -0.2) is 40.4 Å². The number of fused-ring (bicyclic) bond motifs is 1. The lowest BCUT2D eigenvalue weighted by molar-refractivity contribution is 0.681. The first-order valence-corrected chi connectivity index (χ1v) is 13.6. The number of H-pyrrole nitrogens is 2. The third kappa shape index (κ3) is 4.98. The van der Waals surface area contributed by atoms with Gasteiger partial charge in [-0.1, -0.05) is 104 Å². The van der Waals surface area contributed by atoms with Crippen molar-refractivity contribution in [1.29, 1.82) is 0 Å². The van der Waals surface area contributed by atoms with Gasteiger partial charge in [-0.2, -0.15) is 10.3 Å². The molecule has 6 rings (SSSR count). The highest BCUT2D eigenvalue weighted by molar-refractivity contribution is 7.98. The lowest BCUT2D eigenvalue weighted by Crippen LogP contribution is -2.15. The molecule has 0 saturated heterocycles. The van der Waals surface area contributed by atoms with Crippen LogP contribution in [0.2, 0.25) is 0 Å². The molecule has 2 N–H and O–H groups in total. The van der Waals surface area contributed by atoms with E-state index < -0.39 is 0 Å². The number of hydrogen-bond donors (Lipinski definition) is 2. The molecule has 39 heavy (non-hydrogen) atoms. The summed E-state index contributed by atoms with van der Waals surface area (Å²) in [5.74, 6) is 2.28. The average Bonchev–Trinajstić information content (AvgIpc) is 3.63. The molecule has 0 spiro atoms. The molecule has 0 radical (unpaired) electrons. The van der Waals surface area contributed by atoms with Crippen LogP contribution in [0, 0.1) is 0 Å². The van der Waals surface area contributed by atoms with E-state index in [2.05, 4.69) is 81.1 Å². The minimum absolute atomic E-state index is 0.130. The van der Waals surface area contributed by atoms with E-state index in [0.717, 1.165) is 38.9 Å². The predicted molar refractivity (Wildman–Crippen MR) is 152 cm³/mol. The van der Waals surface area contributed by atoms with Crippen molar-refractivity contribution in [3.05, 3.63) is 106 Å². The first kappa shape index (κ1) is 24.7. The van der Waals surface area contributed by atoms with Gasteiger partial charge in [0.1, 0.15) is 21.9 Å². The average molecular weight is 535 g/mol. The van der Waals surface area contributed by atoms with Crippen molar-refractivity contribution >= 4 is 22.8 Å². The lowest BCUT2D eigenvalue weighted by atomic mass is 9.98. The van der Waals surface area contributed by atoms with Gasteiger partial charge in [-0.3, -0.25) is 4.79 Å². The molecule has 0 saturated carbocycles. The summed E-state index contributed by atoms with van der Waals surface area (Å²) < 4.78 is 2.02. The number of aromatic amines is 2. The standard InChI is InChI=1S/C29H26N8OS/c1-18(2)27-30-24-25(28(38)33-34-29(24)39-17-20-8-4-3-5-9-20)37(27)16-19-12-14-21(15-13-19)22-10-6-7-11-23(22)26-31-35-36-32-26/h3-15,18H,16-17H2,1-2H3,(H,33,38)(H,31,32,35,36). The molecule has 3 aromatic heterocycles. The van der Waals surface area contributed by atoms with Gasteiger partial charge >= 0.3 is 0 Å². The normalized spacial score (nSPS) is 11.5. The Kier molecular flexibility index (Phi) is 6.76. The largest absolute Gasteiger partial charge is 0.319 e. The number of imidazole rings is 1. The van der Waals surface area contributed by atoms with Crippen molar-refractivity contribution in [2.75, 3.05) is 0 Å². The SMILES string of the molecule is CC(C)c1nc2c(SCc3ccccc3)n[nH]c(=O)c2n1Cc1ccc(-c2ccccc2-c2nn[nH]n2)cc1. The second-order valence-electron chi connectivity index (χ2n) is 9.52. The van der Waals surface area contributed by atoms with Crippen LogP contribution in [0.15, 0.2) is 88.7 Å². The number of rotatable bonds is 8. The Morgan fingerprint density at radius 1 is 0.872 bits per heavy atom. The molecular formula is C29H26N8OS. The Balaban J connectivity index is 1.34. The third-order valence-electron chi connectivity index (χ3n) is 6.53. The van der Waals surface area contributed by atoms with E-state index in [1.807, 2.05) is 47.0 Å². The summed E-state index contributed by atoms with van der Waals surface area (Å²) in [6.45, 7) is 4.70. The van der Waals surface area contributed by atoms with Gasteiger partial charge in [0.05, 0.1) is 0 Å². The van der Waals surface area contributed by atoms with Crippen molar-refractivity contribution in [3.8, 4) is 22.5 Å². The van der Waals surface area contributed by atoms with E-state index in [4.69, 9.17) is 4.98 Å². The highest BCUT2D eigenvalue weighted by atomic mass is 32.2. The number of hydrogen-bond acceptors (Lipinski definition) is 7. The van der Waals surface area contributed by atoms with Crippen LogP contribution in [0.25, 0.3) is 33.5 Å². The molecule has 0 aliphatic heterocycles. The molecular weight excluding hydrogens is 508 g/mol. The minimum Gasteiger partial charge on any atom is -0.319 e. The van der Waals surface area contributed by atoms with Gasteiger partial charge in [-0.25, -0.2) is 10.1 Å². The maximum absolute atomic E-state index is 13.0. The molecule has 0 atom stereocenters. The fourth-order valence-corrected chi connectivity index (χ4v) is 5.55. The van der Waals surface area contributed by atoms with Crippen LogP contribution < -0.4 is 5.56 Å². The van der Waals surface area contributed by atoms with Crippen molar-refractivity contribution < 1.29 is 0 Å². The van der Waals surface area contributed by atoms with Gasteiger partial charge in [0, 0.05) is 23.8 Å². The fraction of sp³-hybridized carbons (Fsp3) is 0.172. The summed E-state index contributed by atoms with van der Waals surface area (Å²) in [7, 11) is 0. The van der Waals surface area contributed by atoms with Crippen LogP contribution in [0.4, 0.5) is 0 Å². The molecule has 9 nitrogen and oxygen atoms in total. The molecule has 194 valence electrons. The monoisotopic (exact) mass is 534 g/mol. The zero-order valence-electron chi connectivity index (χ0n) is 21.5. The van der Waals surface area contributed by atoms with Gasteiger partial charge in [-0.15, -0.1) is 10.2 Å². The van der Waals surface area contributed by atoms with Crippen molar-refractivity contribution in [2.24, 2.45) is 0 Å². The highest BCUT2D eigenvalue weighted by Crippen LogP contribution is 2.31. The maximum atomic E-state index is 13.0. The van der Waals surface area contributed by atoms with Crippen LogP contribution in [0.1, 0.15) is 36.7 Å². The topological polar surface area (TPSA) is 118 Å². The predicted octanol–water partition coefficient (Wildman–Crippen LogP) is 5.43. The molecule has 0 amide bonds. The van der Waals surface area contributed by atoms with E-state index in [1.54, 1.807) is 11.8 Å². The quantitative estimate of drug-likeness (QED) is 0.250. The summed E-state index contributed by atoms with van der Waals surface area (Å²) in [6, 6.07) is 26.5. The van der Waals surface area contributed by atoms with Crippen molar-refractivity contribution in [3.63, 3.8) is 0 Å². The Hall–Kier alpha value is -4.57. The summed E-state index contributed by atoms with van der Waals surface area (Å²) in [5, 5.41) is 22.3. The van der Waals surface area contributed by atoms with E-state index in [-0.39, 0.29) is 11.5 Å². The number of nitrogens with one attached hydrogen (secondary N) is 2. The number of aromatic nitrogens is 8. The Morgan fingerprint density at radius 3 is 2.33 bits per heavy atom. The van der Waals surface area contributed by atoms with E-state index in [0.29, 0.717) is 23.4 Å². The van der Waals surface area contributed by atoms with Gasteiger partial charge in [0.25, 0.3) is 5.56 Å². The highest BCUT2D eigenvalue weighted by Gasteiger charge is 2.21. The Morgan fingerprint density at radius 2 is 1.62 bits per heavy atom. The molecule has 0 aliphatic rings. The number of tetrazole rings is 1. The van der Waals surface area contributed by atoms with Gasteiger partial charge in [0.15, 0.2) is 0 Å². The van der Waals surface area contributed by atoms with E-state index in [1.165, 1.54) is 5.56 Å². The fourth-order valence-electron chi connectivity index (χ4n) is 4.66. The molecule has 10 heteroatoms.